The van der Waals surface area contributed by atoms with Gasteiger partial charge < -0.3 is 0 Å². The summed E-state index contributed by atoms with van der Waals surface area (Å²) in [5, 5.41) is 0. The maximum absolute atomic E-state index is 13.1. The molecule has 6 heteroatoms. The van der Waals surface area contributed by atoms with Gasteiger partial charge in [0, 0.05) is 0 Å². The van der Waals surface area contributed by atoms with Crippen molar-refractivity contribution in [3.05, 3.63) is 26.9 Å². The molecule has 1 aromatic carbocycles. The van der Waals surface area contributed by atoms with E-state index in [1.807, 2.05) is 0 Å². The van der Waals surface area contributed by atoms with Gasteiger partial charge >= 0.3 is 0 Å². The predicted molar refractivity (Wildman–Crippen MR) is 59.5 cm³/mol. The number of halogens is 3. The van der Waals surface area contributed by atoms with Gasteiger partial charge in [0.05, 0.1) is 19.6 Å². The van der Waals surface area contributed by atoms with E-state index < -0.39 is 15.7 Å². The van der Waals surface area contributed by atoms with Gasteiger partial charge in [-0.25, -0.2) is 12.8 Å². The summed E-state index contributed by atoms with van der Waals surface area (Å²) in [6, 6.07) is 2.53. The van der Waals surface area contributed by atoms with E-state index in [1.165, 1.54) is 12.1 Å². The third kappa shape index (κ3) is 2.35. The van der Waals surface area contributed by atoms with Gasteiger partial charge in [-0.15, -0.1) is 0 Å². The Morgan fingerprint density at radius 3 is 2.07 bits per heavy atom. The number of rotatable bonds is 2. The summed E-state index contributed by atoms with van der Waals surface area (Å²) in [5.41, 5.74) is 0. The lowest BCUT2D eigenvalue weighted by Gasteiger charge is -2.04. The Bertz CT molecular complexity index is 433. The van der Waals surface area contributed by atoms with Crippen molar-refractivity contribution < 1.29 is 12.8 Å². The minimum absolute atomic E-state index is 0.00247. The minimum atomic E-state index is -3.29. The van der Waals surface area contributed by atoms with Crippen molar-refractivity contribution in [3.8, 4) is 0 Å². The number of hydrogen-bond donors (Lipinski definition) is 0. The Balaban J connectivity index is 3.41. The molecule has 0 unspecified atom stereocenters. The molecular weight excluding hydrogens is 339 g/mol. The molecule has 1 aromatic rings. The predicted octanol–water partition coefficient (Wildman–Crippen LogP) is 3.14. The Kier molecular flexibility index (Phi) is 3.71. The average molecular weight is 346 g/mol. The van der Waals surface area contributed by atoms with Crippen LogP contribution < -0.4 is 0 Å². The molecule has 0 atom stereocenters. The first kappa shape index (κ1) is 12.1. The molecule has 1 rings (SSSR count). The van der Waals surface area contributed by atoms with Gasteiger partial charge in [0.25, 0.3) is 0 Å². The van der Waals surface area contributed by atoms with Gasteiger partial charge in [0.2, 0.25) is 0 Å². The molecule has 0 aliphatic carbocycles. The highest BCUT2D eigenvalue weighted by Crippen LogP contribution is 2.28. The third-order valence-electron chi connectivity index (χ3n) is 1.70. The molecule has 0 fully saturated rings. The maximum Gasteiger partial charge on any atom is 0.178 e. The number of hydrogen-bond acceptors (Lipinski definition) is 2. The zero-order chi connectivity index (χ0) is 10.9. The largest absolute Gasteiger partial charge is 0.224 e. The van der Waals surface area contributed by atoms with E-state index >= 15 is 0 Å². The van der Waals surface area contributed by atoms with Crippen LogP contribution >= 0.6 is 31.9 Å². The summed E-state index contributed by atoms with van der Waals surface area (Å²) in [4.78, 5) is 0.111. The number of sulfone groups is 1. The highest BCUT2D eigenvalue weighted by molar-refractivity contribution is 9.11. The van der Waals surface area contributed by atoms with Gasteiger partial charge in [-0.2, -0.15) is 0 Å². The van der Waals surface area contributed by atoms with Crippen LogP contribution in [0, 0.1) is 5.82 Å². The molecule has 14 heavy (non-hydrogen) atoms. The van der Waals surface area contributed by atoms with E-state index in [4.69, 9.17) is 0 Å². The van der Waals surface area contributed by atoms with E-state index in [0.717, 1.165) is 0 Å². The molecule has 0 spiro atoms. The molecular formula is C8H7Br2FO2S. The number of benzene rings is 1. The second kappa shape index (κ2) is 4.28. The summed E-state index contributed by atoms with van der Waals surface area (Å²) in [7, 11) is -3.29. The Hall–Kier alpha value is 0.0600. The molecule has 0 aromatic heterocycles. The SMILES string of the molecule is CCS(=O)(=O)c1cc(Br)c(F)c(Br)c1. The van der Waals surface area contributed by atoms with Crippen molar-refractivity contribution in [2.75, 3.05) is 5.75 Å². The van der Waals surface area contributed by atoms with Crippen LogP contribution in [0.1, 0.15) is 6.92 Å². The monoisotopic (exact) mass is 344 g/mol. The molecule has 78 valence electrons. The average Bonchev–Trinajstić information content (AvgIpc) is 2.13. The van der Waals surface area contributed by atoms with Crippen LogP contribution in [-0.4, -0.2) is 14.2 Å². The first-order valence-corrected chi connectivity index (χ1v) is 6.99. The highest BCUT2D eigenvalue weighted by atomic mass is 79.9. The smallest absolute Gasteiger partial charge is 0.178 e. The molecule has 0 saturated carbocycles. The van der Waals surface area contributed by atoms with E-state index in [-0.39, 0.29) is 19.6 Å². The minimum Gasteiger partial charge on any atom is -0.224 e. The van der Waals surface area contributed by atoms with E-state index in [0.29, 0.717) is 0 Å². The summed E-state index contributed by atoms with van der Waals surface area (Å²) in [6.45, 7) is 1.54. The van der Waals surface area contributed by atoms with E-state index in [2.05, 4.69) is 31.9 Å². The fraction of sp³-hybridized carbons (Fsp3) is 0.250. The fourth-order valence-electron chi connectivity index (χ4n) is 0.878. The first-order chi connectivity index (χ1) is 6.38. The zero-order valence-electron chi connectivity index (χ0n) is 7.22. The molecule has 0 saturated heterocycles. The molecule has 0 amide bonds. The van der Waals surface area contributed by atoms with E-state index in [9.17, 15) is 12.8 Å². The second-order valence-electron chi connectivity index (χ2n) is 2.60. The van der Waals surface area contributed by atoms with Gasteiger partial charge in [-0.05, 0) is 44.0 Å². The summed E-state index contributed by atoms with van der Waals surface area (Å²) in [6.07, 6.45) is 0. The van der Waals surface area contributed by atoms with Gasteiger partial charge in [-0.3, -0.25) is 0 Å². The standard InChI is InChI=1S/C8H7Br2FO2S/c1-2-14(12,13)5-3-6(9)8(11)7(10)4-5/h3-4H,2H2,1H3. The molecule has 0 radical (unpaired) electrons. The van der Waals surface area contributed by atoms with Crippen LogP contribution in [0.5, 0.6) is 0 Å². The summed E-state index contributed by atoms with van der Waals surface area (Å²) >= 11 is 5.90. The van der Waals surface area contributed by atoms with E-state index in [1.54, 1.807) is 6.92 Å². The Labute approximate surface area is 98.7 Å². The molecule has 0 aliphatic rings. The highest BCUT2D eigenvalue weighted by Gasteiger charge is 2.15. The van der Waals surface area contributed by atoms with Crippen molar-refractivity contribution >= 4 is 41.7 Å². The zero-order valence-corrected chi connectivity index (χ0v) is 11.2. The Morgan fingerprint density at radius 1 is 1.29 bits per heavy atom. The molecule has 0 aliphatic heterocycles. The molecule has 0 heterocycles. The first-order valence-electron chi connectivity index (χ1n) is 3.75. The summed E-state index contributed by atoms with van der Waals surface area (Å²) < 4.78 is 36.3. The van der Waals surface area contributed by atoms with Crippen molar-refractivity contribution in [1.29, 1.82) is 0 Å². The molecule has 0 bridgehead atoms. The van der Waals surface area contributed by atoms with Crippen molar-refractivity contribution in [2.24, 2.45) is 0 Å². The quantitative estimate of drug-likeness (QED) is 0.609. The van der Waals surface area contributed by atoms with Crippen molar-refractivity contribution in [1.82, 2.24) is 0 Å². The topological polar surface area (TPSA) is 34.1 Å². The van der Waals surface area contributed by atoms with Gasteiger partial charge in [-0.1, -0.05) is 6.92 Å². The van der Waals surface area contributed by atoms with Crippen molar-refractivity contribution in [3.63, 3.8) is 0 Å². The van der Waals surface area contributed by atoms with Crippen LogP contribution in [-0.2, 0) is 9.84 Å². The van der Waals surface area contributed by atoms with Gasteiger partial charge in [0.15, 0.2) is 15.7 Å². The van der Waals surface area contributed by atoms with Gasteiger partial charge in [0.1, 0.15) is 0 Å². The van der Waals surface area contributed by atoms with Crippen LogP contribution in [0.3, 0.4) is 0 Å². The summed E-state index contributed by atoms with van der Waals surface area (Å²) in [5.74, 6) is -0.502. The lowest BCUT2D eigenvalue weighted by Crippen LogP contribution is -2.04. The Morgan fingerprint density at radius 2 is 1.71 bits per heavy atom. The third-order valence-corrected chi connectivity index (χ3v) is 4.56. The second-order valence-corrected chi connectivity index (χ2v) is 6.59. The molecule has 2 nitrogen and oxygen atoms in total. The van der Waals surface area contributed by atoms with Crippen LogP contribution in [0.25, 0.3) is 0 Å². The normalized spacial score (nSPS) is 11.7. The fourth-order valence-corrected chi connectivity index (χ4v) is 3.30. The molecule has 0 N–H and O–H groups in total. The van der Waals surface area contributed by atoms with Crippen LogP contribution in [0.2, 0.25) is 0 Å². The van der Waals surface area contributed by atoms with Crippen molar-refractivity contribution in [2.45, 2.75) is 11.8 Å². The lowest BCUT2D eigenvalue weighted by molar-refractivity contribution is 0.594. The maximum atomic E-state index is 13.1. The lowest BCUT2D eigenvalue weighted by atomic mass is 10.3. The van der Waals surface area contributed by atoms with Crippen LogP contribution in [0.4, 0.5) is 4.39 Å². The van der Waals surface area contributed by atoms with Crippen LogP contribution in [0.15, 0.2) is 26.0 Å².